The van der Waals surface area contributed by atoms with Crippen molar-refractivity contribution in [2.75, 3.05) is 7.05 Å². The molecule has 0 fully saturated rings. The number of carbonyl (C=O) groups excluding carboxylic acids is 1. The van der Waals surface area contributed by atoms with Crippen molar-refractivity contribution in [2.45, 2.75) is 60.0 Å². The first kappa shape index (κ1) is 17.6. The van der Waals surface area contributed by atoms with Crippen molar-refractivity contribution in [3.63, 3.8) is 0 Å². The molecule has 2 atom stereocenters. The van der Waals surface area contributed by atoms with Crippen LogP contribution in [-0.2, 0) is 4.79 Å². The third-order valence-electron chi connectivity index (χ3n) is 3.74. The number of aromatic nitrogens is 1. The standard InChI is InChI=1S/C17H29N3O/c1-10(2)8-15(17(21)18-7)20-14(6)16-11(3)9-12(4)19-13(16)5/h9-10,14-15,20H,8H2,1-7H3,(H,18,21). The van der Waals surface area contributed by atoms with E-state index < -0.39 is 0 Å². The first-order chi connectivity index (χ1) is 9.76. The molecule has 21 heavy (non-hydrogen) atoms. The third kappa shape index (κ3) is 4.81. The molecular weight excluding hydrogens is 262 g/mol. The minimum absolute atomic E-state index is 0.0472. The van der Waals surface area contributed by atoms with Crippen LogP contribution in [-0.4, -0.2) is 24.0 Å². The van der Waals surface area contributed by atoms with Crippen molar-refractivity contribution in [3.05, 3.63) is 28.6 Å². The van der Waals surface area contributed by atoms with Gasteiger partial charge < -0.3 is 5.32 Å². The zero-order valence-corrected chi connectivity index (χ0v) is 14.4. The van der Waals surface area contributed by atoms with E-state index in [4.69, 9.17) is 0 Å². The van der Waals surface area contributed by atoms with Gasteiger partial charge in [0, 0.05) is 24.5 Å². The SMILES string of the molecule is CNC(=O)C(CC(C)C)NC(C)c1c(C)cc(C)nc1C. The zero-order chi connectivity index (χ0) is 16.2. The van der Waals surface area contributed by atoms with Gasteiger partial charge in [-0.1, -0.05) is 13.8 Å². The highest BCUT2D eigenvalue weighted by molar-refractivity contribution is 5.81. The topological polar surface area (TPSA) is 54.0 Å². The molecule has 4 heteroatoms. The first-order valence-corrected chi connectivity index (χ1v) is 7.68. The van der Waals surface area contributed by atoms with Crippen molar-refractivity contribution >= 4 is 5.91 Å². The van der Waals surface area contributed by atoms with Crippen LogP contribution < -0.4 is 10.6 Å². The van der Waals surface area contributed by atoms with Crippen LogP contribution in [0.4, 0.5) is 0 Å². The monoisotopic (exact) mass is 291 g/mol. The van der Waals surface area contributed by atoms with Crippen molar-refractivity contribution in [3.8, 4) is 0 Å². The van der Waals surface area contributed by atoms with Crippen molar-refractivity contribution < 1.29 is 4.79 Å². The number of aryl methyl sites for hydroxylation is 3. The molecule has 2 N–H and O–H groups in total. The minimum Gasteiger partial charge on any atom is -0.358 e. The maximum Gasteiger partial charge on any atom is 0.236 e. The van der Waals surface area contributed by atoms with Crippen LogP contribution in [0.25, 0.3) is 0 Å². The Kier molecular flexibility index (Phi) is 6.34. The lowest BCUT2D eigenvalue weighted by Gasteiger charge is -2.25. The summed E-state index contributed by atoms with van der Waals surface area (Å²) >= 11 is 0. The molecule has 1 amide bonds. The van der Waals surface area contributed by atoms with E-state index in [2.05, 4.69) is 49.4 Å². The summed E-state index contributed by atoms with van der Waals surface area (Å²) in [7, 11) is 1.69. The minimum atomic E-state index is -0.176. The smallest absolute Gasteiger partial charge is 0.236 e. The molecule has 0 saturated heterocycles. The van der Waals surface area contributed by atoms with E-state index in [1.165, 1.54) is 11.1 Å². The largest absolute Gasteiger partial charge is 0.358 e. The highest BCUT2D eigenvalue weighted by Crippen LogP contribution is 2.22. The number of hydrogen-bond acceptors (Lipinski definition) is 3. The van der Waals surface area contributed by atoms with Gasteiger partial charge in [-0.3, -0.25) is 15.1 Å². The fourth-order valence-electron chi connectivity index (χ4n) is 2.97. The lowest BCUT2D eigenvalue weighted by molar-refractivity contribution is -0.123. The fourth-order valence-corrected chi connectivity index (χ4v) is 2.97. The normalized spacial score (nSPS) is 14.1. The predicted molar refractivity (Wildman–Crippen MR) is 87.3 cm³/mol. The van der Waals surface area contributed by atoms with E-state index in [1.54, 1.807) is 7.05 Å². The maximum absolute atomic E-state index is 12.0. The van der Waals surface area contributed by atoms with Crippen molar-refractivity contribution in [1.29, 1.82) is 0 Å². The fraction of sp³-hybridized carbons (Fsp3) is 0.647. The van der Waals surface area contributed by atoms with Gasteiger partial charge in [0.05, 0.1) is 6.04 Å². The molecule has 0 aliphatic heterocycles. The van der Waals surface area contributed by atoms with Gasteiger partial charge in [0.1, 0.15) is 0 Å². The molecule has 1 heterocycles. The van der Waals surface area contributed by atoms with Gasteiger partial charge in [-0.15, -0.1) is 0 Å². The Morgan fingerprint density at radius 1 is 1.24 bits per heavy atom. The van der Waals surface area contributed by atoms with Crippen LogP contribution in [0, 0.1) is 26.7 Å². The number of hydrogen-bond donors (Lipinski definition) is 2. The lowest BCUT2D eigenvalue weighted by atomic mass is 9.97. The Morgan fingerprint density at radius 2 is 1.86 bits per heavy atom. The average Bonchev–Trinajstić information content (AvgIpc) is 2.35. The van der Waals surface area contributed by atoms with Crippen LogP contribution in [0.5, 0.6) is 0 Å². The van der Waals surface area contributed by atoms with Crippen LogP contribution in [0.3, 0.4) is 0 Å². The summed E-state index contributed by atoms with van der Waals surface area (Å²) < 4.78 is 0. The second-order valence-corrected chi connectivity index (χ2v) is 6.26. The van der Waals surface area contributed by atoms with Gasteiger partial charge in [0.25, 0.3) is 0 Å². The Hall–Kier alpha value is -1.42. The number of likely N-dealkylation sites (N-methyl/N-ethyl adjacent to an activating group) is 1. The third-order valence-corrected chi connectivity index (χ3v) is 3.74. The molecule has 0 aromatic carbocycles. The molecule has 1 rings (SSSR count). The highest BCUT2D eigenvalue weighted by Gasteiger charge is 2.22. The average molecular weight is 291 g/mol. The second-order valence-electron chi connectivity index (χ2n) is 6.26. The number of nitrogens with zero attached hydrogens (tertiary/aromatic N) is 1. The zero-order valence-electron chi connectivity index (χ0n) is 14.4. The summed E-state index contributed by atoms with van der Waals surface area (Å²) in [5.74, 6) is 0.510. The van der Waals surface area contributed by atoms with Gasteiger partial charge in [-0.05, 0) is 57.2 Å². The Balaban J connectivity index is 2.96. The lowest BCUT2D eigenvalue weighted by Crippen LogP contribution is -2.44. The molecule has 0 radical (unpaired) electrons. The molecule has 2 unspecified atom stereocenters. The summed E-state index contributed by atoms with van der Waals surface area (Å²) in [4.78, 5) is 16.6. The summed E-state index contributed by atoms with van der Waals surface area (Å²) in [5.41, 5.74) is 4.48. The van der Waals surface area contributed by atoms with Crippen LogP contribution in [0.1, 0.15) is 55.7 Å². The van der Waals surface area contributed by atoms with E-state index in [0.29, 0.717) is 5.92 Å². The molecule has 4 nitrogen and oxygen atoms in total. The number of rotatable bonds is 6. The number of carbonyl (C=O) groups is 1. The van der Waals surface area contributed by atoms with E-state index in [0.717, 1.165) is 17.8 Å². The van der Waals surface area contributed by atoms with Crippen molar-refractivity contribution in [2.24, 2.45) is 5.92 Å². The summed E-state index contributed by atoms with van der Waals surface area (Å²) in [6.45, 7) is 12.5. The number of nitrogens with one attached hydrogen (secondary N) is 2. The van der Waals surface area contributed by atoms with E-state index in [9.17, 15) is 4.79 Å². The quantitative estimate of drug-likeness (QED) is 0.847. The number of amides is 1. The molecule has 0 saturated carbocycles. The molecule has 0 bridgehead atoms. The van der Waals surface area contributed by atoms with Gasteiger partial charge >= 0.3 is 0 Å². The Morgan fingerprint density at radius 3 is 2.33 bits per heavy atom. The molecule has 1 aromatic rings. The summed E-state index contributed by atoms with van der Waals surface area (Å²) in [6.07, 6.45) is 0.821. The maximum atomic E-state index is 12.0. The molecular formula is C17H29N3O. The highest BCUT2D eigenvalue weighted by atomic mass is 16.2. The summed E-state index contributed by atoms with van der Waals surface area (Å²) in [5, 5.41) is 6.21. The van der Waals surface area contributed by atoms with Gasteiger partial charge in [-0.2, -0.15) is 0 Å². The van der Waals surface area contributed by atoms with E-state index in [1.807, 2.05) is 13.8 Å². The van der Waals surface area contributed by atoms with Crippen molar-refractivity contribution in [1.82, 2.24) is 15.6 Å². The van der Waals surface area contributed by atoms with E-state index >= 15 is 0 Å². The van der Waals surface area contributed by atoms with Crippen LogP contribution in [0.15, 0.2) is 6.07 Å². The molecule has 0 aliphatic rings. The summed E-state index contributed by atoms with van der Waals surface area (Å²) in [6, 6.07) is 2.02. The molecule has 0 spiro atoms. The Labute approximate surface area is 128 Å². The van der Waals surface area contributed by atoms with Gasteiger partial charge in [-0.25, -0.2) is 0 Å². The van der Waals surface area contributed by atoms with Gasteiger partial charge in [0.2, 0.25) is 5.91 Å². The van der Waals surface area contributed by atoms with Gasteiger partial charge in [0.15, 0.2) is 0 Å². The molecule has 0 aliphatic carbocycles. The van der Waals surface area contributed by atoms with E-state index in [-0.39, 0.29) is 18.0 Å². The molecule has 118 valence electrons. The Bertz CT molecular complexity index is 474. The first-order valence-electron chi connectivity index (χ1n) is 7.68. The second kappa shape index (κ2) is 7.55. The van der Waals surface area contributed by atoms with Crippen LogP contribution in [0.2, 0.25) is 0 Å². The molecule has 1 aromatic heterocycles. The van der Waals surface area contributed by atoms with Crippen LogP contribution >= 0.6 is 0 Å². The predicted octanol–water partition coefficient (Wildman–Crippen LogP) is 2.82. The number of pyridine rings is 1.